The van der Waals surface area contributed by atoms with E-state index in [2.05, 4.69) is 27.1 Å². The van der Waals surface area contributed by atoms with Crippen molar-refractivity contribution in [2.45, 2.75) is 18.4 Å². The van der Waals surface area contributed by atoms with E-state index in [1.165, 1.54) is 17.0 Å². The predicted molar refractivity (Wildman–Crippen MR) is 66.1 cm³/mol. The van der Waals surface area contributed by atoms with Gasteiger partial charge in [-0.15, -0.1) is 0 Å². The lowest BCUT2D eigenvalue weighted by Crippen LogP contribution is -2.64. The quantitative estimate of drug-likeness (QED) is 0.744. The lowest BCUT2D eigenvalue weighted by atomic mass is 9.63. The first-order valence-electron chi connectivity index (χ1n) is 6.04. The standard InChI is InChI=1S/C12H11N5O2/c1-6-7-2-12(3-7,10(18)15-6)17-9-5-14-13-4-8(9)16-11(17)19/h4-5,7H,1-3H2,(H,15,18)(H,16,19). The Bertz CT molecular complexity index is 781. The molecule has 3 aliphatic rings. The summed E-state index contributed by atoms with van der Waals surface area (Å²) in [5.74, 6) is 0.0872. The van der Waals surface area contributed by atoms with E-state index in [4.69, 9.17) is 0 Å². The molecular weight excluding hydrogens is 246 g/mol. The number of piperidine rings is 2. The molecule has 0 unspecified atom stereocenters. The highest BCUT2D eigenvalue weighted by Gasteiger charge is 2.57. The molecule has 0 spiro atoms. The van der Waals surface area contributed by atoms with Crippen LogP contribution in [0.2, 0.25) is 0 Å². The van der Waals surface area contributed by atoms with Gasteiger partial charge < -0.3 is 10.3 Å². The Balaban J connectivity index is 1.97. The Labute approximate surface area is 107 Å². The maximum atomic E-state index is 12.3. The number of aromatic nitrogens is 4. The van der Waals surface area contributed by atoms with Gasteiger partial charge in [0.15, 0.2) is 0 Å². The van der Waals surface area contributed by atoms with Crippen molar-refractivity contribution in [2.75, 3.05) is 0 Å². The summed E-state index contributed by atoms with van der Waals surface area (Å²) in [4.78, 5) is 27.1. The molecule has 2 N–H and O–H groups in total. The lowest BCUT2D eigenvalue weighted by Gasteiger charge is -2.52. The highest BCUT2D eigenvalue weighted by molar-refractivity contribution is 5.91. The van der Waals surface area contributed by atoms with Gasteiger partial charge in [-0.25, -0.2) is 4.79 Å². The van der Waals surface area contributed by atoms with Crippen LogP contribution in [0.25, 0.3) is 11.0 Å². The first-order chi connectivity index (χ1) is 9.12. The molecule has 3 fully saturated rings. The summed E-state index contributed by atoms with van der Waals surface area (Å²) >= 11 is 0. The highest BCUT2D eigenvalue weighted by atomic mass is 16.2. The SMILES string of the molecule is C=C1NC(=O)C2(n3c(=O)[nH]c4cnncc43)CC1C2. The number of allylic oxidation sites excluding steroid dienone is 1. The molecule has 1 saturated carbocycles. The lowest BCUT2D eigenvalue weighted by molar-refractivity contribution is -0.140. The van der Waals surface area contributed by atoms with Crippen molar-refractivity contribution in [2.24, 2.45) is 5.92 Å². The van der Waals surface area contributed by atoms with E-state index < -0.39 is 5.54 Å². The zero-order chi connectivity index (χ0) is 13.2. The zero-order valence-electron chi connectivity index (χ0n) is 10.0. The van der Waals surface area contributed by atoms with Gasteiger partial charge in [0.25, 0.3) is 5.91 Å². The topological polar surface area (TPSA) is 92.7 Å². The fourth-order valence-electron chi connectivity index (χ4n) is 3.13. The van der Waals surface area contributed by atoms with Crippen molar-refractivity contribution in [3.05, 3.63) is 35.2 Å². The van der Waals surface area contributed by atoms with Gasteiger partial charge >= 0.3 is 5.69 Å². The molecule has 7 heteroatoms. The van der Waals surface area contributed by atoms with Crippen molar-refractivity contribution in [3.8, 4) is 0 Å². The number of nitrogens with one attached hydrogen (secondary N) is 2. The summed E-state index contributed by atoms with van der Waals surface area (Å²) < 4.78 is 1.51. The number of amides is 1. The van der Waals surface area contributed by atoms with Crippen LogP contribution in [0.15, 0.2) is 29.5 Å². The molecule has 4 heterocycles. The summed E-state index contributed by atoms with van der Waals surface area (Å²) in [6.45, 7) is 3.83. The highest BCUT2D eigenvalue weighted by Crippen LogP contribution is 2.50. The van der Waals surface area contributed by atoms with Crippen molar-refractivity contribution in [1.29, 1.82) is 0 Å². The largest absolute Gasteiger partial charge is 0.328 e. The normalized spacial score (nSPS) is 29.2. The smallest absolute Gasteiger partial charge is 0.327 e. The molecule has 2 bridgehead atoms. The number of carbonyl (C=O) groups is 1. The number of nitrogens with zero attached hydrogens (tertiary/aromatic N) is 3. The minimum Gasteiger partial charge on any atom is -0.328 e. The molecule has 96 valence electrons. The number of hydrogen-bond acceptors (Lipinski definition) is 4. The number of hydrogen-bond donors (Lipinski definition) is 2. The average molecular weight is 257 g/mol. The van der Waals surface area contributed by atoms with Crippen LogP contribution in [0, 0.1) is 5.92 Å². The third kappa shape index (κ3) is 1.12. The molecule has 2 saturated heterocycles. The maximum absolute atomic E-state index is 12.3. The van der Waals surface area contributed by atoms with Crippen LogP contribution in [-0.2, 0) is 10.3 Å². The summed E-state index contributed by atoms with van der Waals surface area (Å²) in [6, 6.07) is 0. The van der Waals surface area contributed by atoms with Crippen LogP contribution in [0.1, 0.15) is 12.8 Å². The van der Waals surface area contributed by atoms with Crippen LogP contribution in [-0.4, -0.2) is 25.7 Å². The Morgan fingerprint density at radius 2 is 2.05 bits per heavy atom. The van der Waals surface area contributed by atoms with Gasteiger partial charge in [-0.3, -0.25) is 9.36 Å². The molecule has 1 amide bonds. The van der Waals surface area contributed by atoms with Crippen LogP contribution in [0.5, 0.6) is 0 Å². The second-order valence-electron chi connectivity index (χ2n) is 5.17. The van der Waals surface area contributed by atoms with E-state index >= 15 is 0 Å². The first-order valence-corrected chi connectivity index (χ1v) is 6.04. The number of fused-ring (bicyclic) bond motifs is 3. The molecule has 5 rings (SSSR count). The molecular formula is C12H11N5O2. The minimum absolute atomic E-state index is 0.167. The Hall–Kier alpha value is -2.44. The summed E-state index contributed by atoms with van der Waals surface area (Å²) in [5.41, 5.74) is 0.853. The van der Waals surface area contributed by atoms with Crippen molar-refractivity contribution in [3.63, 3.8) is 0 Å². The molecule has 19 heavy (non-hydrogen) atoms. The summed E-state index contributed by atoms with van der Waals surface area (Å²) in [6.07, 6.45) is 4.23. The fraction of sp³-hybridized carbons (Fsp3) is 0.333. The second kappa shape index (κ2) is 3.11. The first kappa shape index (κ1) is 10.5. The molecule has 7 nitrogen and oxygen atoms in total. The second-order valence-corrected chi connectivity index (χ2v) is 5.17. The maximum Gasteiger partial charge on any atom is 0.327 e. The molecule has 0 atom stereocenters. The van der Waals surface area contributed by atoms with Gasteiger partial charge in [0.05, 0.1) is 23.4 Å². The molecule has 2 aromatic heterocycles. The number of H-pyrrole nitrogens is 1. The van der Waals surface area contributed by atoms with E-state index in [9.17, 15) is 9.59 Å². The number of imidazole rings is 1. The van der Waals surface area contributed by atoms with Crippen LogP contribution in [0.3, 0.4) is 0 Å². The van der Waals surface area contributed by atoms with E-state index in [-0.39, 0.29) is 17.5 Å². The van der Waals surface area contributed by atoms with Gasteiger partial charge in [0.2, 0.25) is 0 Å². The summed E-state index contributed by atoms with van der Waals surface area (Å²) in [5, 5.41) is 10.3. The number of aromatic amines is 1. The number of rotatable bonds is 1. The molecule has 1 aliphatic carbocycles. The molecule has 2 aromatic rings. The van der Waals surface area contributed by atoms with Gasteiger partial charge in [-0.05, 0) is 12.8 Å². The Kier molecular flexibility index (Phi) is 1.72. The average Bonchev–Trinajstić information content (AvgIpc) is 2.64. The van der Waals surface area contributed by atoms with E-state index in [1.807, 2.05) is 0 Å². The van der Waals surface area contributed by atoms with Gasteiger partial charge in [0, 0.05) is 11.6 Å². The van der Waals surface area contributed by atoms with Crippen LogP contribution in [0.4, 0.5) is 0 Å². The molecule has 0 radical (unpaired) electrons. The van der Waals surface area contributed by atoms with Gasteiger partial charge in [-0.2, -0.15) is 10.2 Å². The third-order valence-electron chi connectivity index (χ3n) is 4.18. The zero-order valence-corrected chi connectivity index (χ0v) is 10.0. The van der Waals surface area contributed by atoms with E-state index in [0.717, 1.165) is 5.70 Å². The summed E-state index contributed by atoms with van der Waals surface area (Å²) in [7, 11) is 0. The minimum atomic E-state index is -0.801. The van der Waals surface area contributed by atoms with Crippen molar-refractivity contribution >= 4 is 16.9 Å². The Morgan fingerprint density at radius 1 is 1.32 bits per heavy atom. The van der Waals surface area contributed by atoms with Gasteiger partial charge in [-0.1, -0.05) is 6.58 Å². The monoisotopic (exact) mass is 257 g/mol. The van der Waals surface area contributed by atoms with Crippen LogP contribution >= 0.6 is 0 Å². The molecule has 0 aromatic carbocycles. The third-order valence-corrected chi connectivity index (χ3v) is 4.18. The molecule has 2 aliphatic heterocycles. The fourth-order valence-corrected chi connectivity index (χ4v) is 3.13. The Morgan fingerprint density at radius 3 is 2.79 bits per heavy atom. The van der Waals surface area contributed by atoms with E-state index in [0.29, 0.717) is 23.9 Å². The van der Waals surface area contributed by atoms with Crippen LogP contribution < -0.4 is 11.0 Å². The van der Waals surface area contributed by atoms with E-state index in [1.54, 1.807) is 0 Å². The number of carbonyl (C=O) groups excluding carboxylic acids is 1. The van der Waals surface area contributed by atoms with Crippen molar-refractivity contribution in [1.82, 2.24) is 25.1 Å². The van der Waals surface area contributed by atoms with Gasteiger partial charge in [0.1, 0.15) is 5.54 Å². The predicted octanol–water partition coefficient (Wildman–Crippen LogP) is -0.132. The van der Waals surface area contributed by atoms with Crippen molar-refractivity contribution < 1.29 is 4.79 Å².